The zero-order chi connectivity index (χ0) is 16.4. The van der Waals surface area contributed by atoms with Crippen LogP contribution in [-0.2, 0) is 9.53 Å². The molecule has 2 heterocycles. The average molecular weight is 337 g/mol. The molecule has 0 spiro atoms. The molecule has 1 aliphatic heterocycles. The normalized spacial score (nSPS) is 18.9. The van der Waals surface area contributed by atoms with E-state index in [1.807, 2.05) is 25.1 Å². The summed E-state index contributed by atoms with van der Waals surface area (Å²) in [6.45, 7) is 3.67. The molecule has 0 bridgehead atoms. The van der Waals surface area contributed by atoms with Crippen LogP contribution >= 0.6 is 11.6 Å². The van der Waals surface area contributed by atoms with Gasteiger partial charge in [-0.3, -0.25) is 4.79 Å². The number of rotatable bonds is 5. The molecular weight excluding hydrogens is 316 g/mol. The third-order valence-electron chi connectivity index (χ3n) is 4.64. The van der Waals surface area contributed by atoms with Gasteiger partial charge in [0.1, 0.15) is 11.3 Å². The van der Waals surface area contributed by atoms with Gasteiger partial charge in [0.05, 0.1) is 11.5 Å². The SMILES string of the molecule is C[C@H](NCC1(C(N)=O)CCOCC1)c1cc2cc(Cl)ccc2o1. The number of nitrogens with one attached hydrogen (secondary N) is 1. The van der Waals surface area contributed by atoms with E-state index in [-0.39, 0.29) is 11.9 Å². The van der Waals surface area contributed by atoms with Crippen molar-refractivity contribution in [2.45, 2.75) is 25.8 Å². The van der Waals surface area contributed by atoms with Crippen LogP contribution in [0.1, 0.15) is 31.6 Å². The molecule has 5 nitrogen and oxygen atoms in total. The quantitative estimate of drug-likeness (QED) is 0.879. The highest BCUT2D eigenvalue weighted by molar-refractivity contribution is 6.31. The Hall–Kier alpha value is -1.56. The summed E-state index contributed by atoms with van der Waals surface area (Å²) in [4.78, 5) is 11.9. The van der Waals surface area contributed by atoms with Crippen molar-refractivity contribution in [1.29, 1.82) is 0 Å². The fourth-order valence-corrected chi connectivity index (χ4v) is 3.15. The third kappa shape index (κ3) is 3.37. The number of amides is 1. The second-order valence-electron chi connectivity index (χ2n) is 6.19. The van der Waals surface area contributed by atoms with Crippen LogP contribution < -0.4 is 11.1 Å². The van der Waals surface area contributed by atoms with Crippen molar-refractivity contribution < 1.29 is 13.9 Å². The number of carbonyl (C=O) groups excluding carboxylic acids is 1. The van der Waals surface area contributed by atoms with Crippen molar-refractivity contribution in [3.05, 3.63) is 35.0 Å². The molecule has 1 amide bonds. The third-order valence-corrected chi connectivity index (χ3v) is 4.88. The molecule has 3 rings (SSSR count). The Morgan fingerprint density at radius 3 is 2.83 bits per heavy atom. The highest BCUT2D eigenvalue weighted by atomic mass is 35.5. The number of benzene rings is 1. The number of hydrogen-bond acceptors (Lipinski definition) is 4. The van der Waals surface area contributed by atoms with Crippen molar-refractivity contribution in [1.82, 2.24) is 5.32 Å². The van der Waals surface area contributed by atoms with Gasteiger partial charge in [-0.1, -0.05) is 11.6 Å². The number of carbonyl (C=O) groups is 1. The second kappa shape index (κ2) is 6.51. The van der Waals surface area contributed by atoms with E-state index in [4.69, 9.17) is 26.5 Å². The summed E-state index contributed by atoms with van der Waals surface area (Å²) < 4.78 is 11.2. The number of ether oxygens (including phenoxy) is 1. The highest BCUT2D eigenvalue weighted by Gasteiger charge is 2.38. The zero-order valence-electron chi connectivity index (χ0n) is 13.1. The molecular formula is C17H21ClN2O3. The molecule has 0 aliphatic carbocycles. The molecule has 6 heteroatoms. The molecule has 0 saturated carbocycles. The standard InChI is InChI=1S/C17H21ClN2O3/c1-11(15-9-12-8-13(18)2-3-14(12)23-15)20-10-17(16(19)21)4-6-22-7-5-17/h2-3,8-9,11,20H,4-7,10H2,1H3,(H2,19,21)/t11-/m0/s1. The first-order chi connectivity index (χ1) is 11.0. The summed E-state index contributed by atoms with van der Waals surface area (Å²) in [5, 5.41) is 5.03. The number of primary amides is 1. The van der Waals surface area contributed by atoms with Gasteiger partial charge in [0, 0.05) is 30.2 Å². The molecule has 1 atom stereocenters. The average Bonchev–Trinajstić information content (AvgIpc) is 2.96. The first-order valence-electron chi connectivity index (χ1n) is 7.80. The molecule has 23 heavy (non-hydrogen) atoms. The fourth-order valence-electron chi connectivity index (χ4n) is 2.97. The second-order valence-corrected chi connectivity index (χ2v) is 6.63. The van der Waals surface area contributed by atoms with Gasteiger partial charge in [-0.05, 0) is 44.0 Å². The van der Waals surface area contributed by atoms with Crippen LogP contribution in [0.15, 0.2) is 28.7 Å². The summed E-state index contributed by atoms with van der Waals surface area (Å²) in [6.07, 6.45) is 1.30. The molecule has 0 radical (unpaired) electrons. The summed E-state index contributed by atoms with van der Waals surface area (Å²) in [7, 11) is 0. The molecule has 2 aromatic rings. The number of fused-ring (bicyclic) bond motifs is 1. The van der Waals surface area contributed by atoms with E-state index in [9.17, 15) is 4.79 Å². The fraction of sp³-hybridized carbons (Fsp3) is 0.471. The van der Waals surface area contributed by atoms with Crippen molar-refractivity contribution in [2.75, 3.05) is 19.8 Å². The lowest BCUT2D eigenvalue weighted by molar-refractivity contribution is -0.133. The van der Waals surface area contributed by atoms with Crippen LogP contribution in [0.4, 0.5) is 0 Å². The van der Waals surface area contributed by atoms with Crippen LogP contribution in [0.2, 0.25) is 5.02 Å². The van der Waals surface area contributed by atoms with Crippen LogP contribution in [0.5, 0.6) is 0 Å². The molecule has 1 aromatic heterocycles. The molecule has 3 N–H and O–H groups in total. The van der Waals surface area contributed by atoms with Gasteiger partial charge >= 0.3 is 0 Å². The monoisotopic (exact) mass is 336 g/mol. The molecule has 124 valence electrons. The van der Waals surface area contributed by atoms with E-state index in [1.54, 1.807) is 6.07 Å². The van der Waals surface area contributed by atoms with Gasteiger partial charge in [-0.2, -0.15) is 0 Å². The molecule has 0 unspecified atom stereocenters. The Morgan fingerprint density at radius 1 is 1.39 bits per heavy atom. The van der Waals surface area contributed by atoms with Crippen LogP contribution in [0, 0.1) is 5.41 Å². The predicted molar refractivity (Wildman–Crippen MR) is 89.3 cm³/mol. The topological polar surface area (TPSA) is 77.5 Å². The molecule has 1 fully saturated rings. The van der Waals surface area contributed by atoms with Crippen LogP contribution in [0.25, 0.3) is 11.0 Å². The Bertz CT molecular complexity index is 707. The van der Waals surface area contributed by atoms with Crippen molar-refractivity contribution in [3.63, 3.8) is 0 Å². The van der Waals surface area contributed by atoms with Gasteiger partial charge in [0.2, 0.25) is 5.91 Å². The van der Waals surface area contributed by atoms with Gasteiger partial charge in [0.25, 0.3) is 0 Å². The van der Waals surface area contributed by atoms with Crippen molar-refractivity contribution in [2.24, 2.45) is 11.1 Å². The number of nitrogens with two attached hydrogens (primary N) is 1. The maximum atomic E-state index is 11.9. The smallest absolute Gasteiger partial charge is 0.225 e. The van der Waals surface area contributed by atoms with Gasteiger partial charge in [-0.25, -0.2) is 0 Å². The Balaban J connectivity index is 1.72. The lowest BCUT2D eigenvalue weighted by atomic mass is 9.79. The first kappa shape index (κ1) is 16.3. The Labute approximate surface area is 140 Å². The number of hydrogen-bond donors (Lipinski definition) is 2. The van der Waals surface area contributed by atoms with E-state index < -0.39 is 5.41 Å². The van der Waals surface area contributed by atoms with Gasteiger partial charge < -0.3 is 20.2 Å². The Morgan fingerprint density at radius 2 is 2.13 bits per heavy atom. The van der Waals surface area contributed by atoms with Crippen molar-refractivity contribution >= 4 is 28.5 Å². The minimum Gasteiger partial charge on any atom is -0.459 e. The van der Waals surface area contributed by atoms with E-state index in [1.165, 1.54) is 0 Å². The summed E-state index contributed by atoms with van der Waals surface area (Å²) in [5.41, 5.74) is 5.89. The van der Waals surface area contributed by atoms with Crippen LogP contribution in [-0.4, -0.2) is 25.7 Å². The summed E-state index contributed by atoms with van der Waals surface area (Å²) in [6, 6.07) is 7.48. The molecule has 1 saturated heterocycles. The molecule has 1 aliphatic rings. The molecule has 1 aromatic carbocycles. The van der Waals surface area contributed by atoms with Crippen molar-refractivity contribution in [3.8, 4) is 0 Å². The van der Waals surface area contributed by atoms with E-state index in [0.29, 0.717) is 37.6 Å². The van der Waals surface area contributed by atoms with E-state index in [2.05, 4.69) is 5.32 Å². The first-order valence-corrected chi connectivity index (χ1v) is 8.18. The maximum absolute atomic E-state index is 11.9. The maximum Gasteiger partial charge on any atom is 0.225 e. The summed E-state index contributed by atoms with van der Waals surface area (Å²) >= 11 is 6.00. The lowest BCUT2D eigenvalue weighted by Gasteiger charge is -2.35. The predicted octanol–water partition coefficient (Wildman–Crippen LogP) is 3.02. The van der Waals surface area contributed by atoms with E-state index >= 15 is 0 Å². The lowest BCUT2D eigenvalue weighted by Crippen LogP contribution is -2.48. The largest absolute Gasteiger partial charge is 0.459 e. The zero-order valence-corrected chi connectivity index (χ0v) is 13.9. The van der Waals surface area contributed by atoms with Gasteiger partial charge in [-0.15, -0.1) is 0 Å². The number of halogens is 1. The highest BCUT2D eigenvalue weighted by Crippen LogP contribution is 2.31. The minimum atomic E-state index is -0.540. The Kier molecular flexibility index (Phi) is 4.62. The summed E-state index contributed by atoms with van der Waals surface area (Å²) in [5.74, 6) is 0.547. The minimum absolute atomic E-state index is 0.0276. The van der Waals surface area contributed by atoms with Crippen LogP contribution in [0.3, 0.4) is 0 Å². The van der Waals surface area contributed by atoms with Gasteiger partial charge in [0.15, 0.2) is 0 Å². The number of furan rings is 1. The van der Waals surface area contributed by atoms with E-state index in [0.717, 1.165) is 16.7 Å².